The van der Waals surface area contributed by atoms with Gasteiger partial charge in [-0.25, -0.2) is 26.3 Å². The maximum absolute atomic E-state index is 15.7. The van der Waals surface area contributed by atoms with Crippen molar-refractivity contribution in [3.8, 4) is 0 Å². The van der Waals surface area contributed by atoms with Gasteiger partial charge in [0, 0.05) is 0 Å². The Kier molecular flexibility index (Phi) is 6.22. The highest BCUT2D eigenvalue weighted by Gasteiger charge is 3.24. The van der Waals surface area contributed by atoms with E-state index in [-0.39, 0.29) is 0 Å². The predicted molar refractivity (Wildman–Crippen MR) is 82.4 cm³/mol. The van der Waals surface area contributed by atoms with Crippen molar-refractivity contribution in [2.45, 2.75) is 105 Å². The summed E-state index contributed by atoms with van der Waals surface area (Å²) in [5, 5.41) is 0. The maximum atomic E-state index is 15.7. The Morgan fingerprint density at radius 1 is 0.104 bits per heavy atom. The lowest BCUT2D eigenvalue weighted by Crippen LogP contribution is -3.08. The third-order valence-electron chi connectivity index (χ3n) is 8.98. The van der Waals surface area contributed by atoms with E-state index in [1.165, 1.54) is 0 Å². The van der Waals surface area contributed by atoms with Crippen molar-refractivity contribution in [2.24, 2.45) is 0 Å². The molecule has 0 radical (unpaired) electrons. The van der Waals surface area contributed by atoms with Crippen LogP contribution in [-0.2, 0) is 0 Å². The molecule has 0 aromatic carbocycles. The average Bonchev–Trinajstić information content (AvgIpc) is 2.89. The van der Waals surface area contributed by atoms with Gasteiger partial charge in [-0.05, 0) is 0 Å². The van der Waals surface area contributed by atoms with Gasteiger partial charge in [-0.2, -0.15) is 105 Å². The number of halogens is 30. The minimum atomic E-state index is -10.4. The first kappa shape index (κ1) is 38.7. The molecule has 0 aromatic heterocycles. The first-order chi connectivity index (χ1) is 20.2. The summed E-state index contributed by atoms with van der Waals surface area (Å²) >= 11 is 0. The molecule has 0 saturated heterocycles. The molecular weight excluding hydrogens is 786 g/mol. The number of alkyl halides is 30. The summed E-state index contributed by atoms with van der Waals surface area (Å²) in [6.45, 7) is 0. The largest absolute Gasteiger partial charge is 0.382 e. The minimum Gasteiger partial charge on any atom is -0.226 e. The van der Waals surface area contributed by atoms with Crippen LogP contribution < -0.4 is 0 Å². The Morgan fingerprint density at radius 2 is 0.188 bits per heavy atom. The van der Waals surface area contributed by atoms with Crippen molar-refractivity contribution in [2.75, 3.05) is 0 Å². The van der Waals surface area contributed by atoms with Gasteiger partial charge < -0.3 is 0 Å². The molecule has 4 saturated carbocycles. The molecule has 4 fully saturated rings. The van der Waals surface area contributed by atoms with E-state index in [1.807, 2.05) is 0 Å². The predicted octanol–water partition coefficient (Wildman–Crippen LogP) is 8.91. The molecule has 282 valence electrons. The van der Waals surface area contributed by atoms with E-state index in [0.717, 1.165) is 0 Å². The van der Waals surface area contributed by atoms with E-state index in [1.54, 1.807) is 0 Å². The number of hydrogen-bond donors (Lipinski definition) is 0. The SMILES string of the molecule is FC1(F)C(F)(F)C(F)(F)C2(F)C(F)(F)C3(F)C(F)(F)C4(F)C(F)(F)C(F)(F)C(F)(F)C(F)(F)C4(F)C(F)(F)C3(F)C(F)(F)C2(F)C1(F)F. The molecule has 4 unspecified atom stereocenters. The van der Waals surface area contributed by atoms with Gasteiger partial charge in [0.15, 0.2) is 0 Å². The standard InChI is InChI=1S/C18F30/c19-1-2(20,9(29,30)5(23)3(21,7(1,25)26)11(33,34)15(41,42)17(45,46)13(5,37)38)10(31,32)6(24)4(22,8(1,27)28)12(35,36)16(43,44)18(47,48)14(6,39)40. The fourth-order valence-corrected chi connectivity index (χ4v) is 6.38. The lowest BCUT2D eigenvalue weighted by molar-refractivity contribution is -0.600. The summed E-state index contributed by atoms with van der Waals surface area (Å²) < 4.78 is 440. The second-order valence-corrected chi connectivity index (χ2v) is 10.8. The summed E-state index contributed by atoms with van der Waals surface area (Å²) in [5.74, 6) is -116. The van der Waals surface area contributed by atoms with Gasteiger partial charge >= 0.3 is 71.1 Å². The summed E-state index contributed by atoms with van der Waals surface area (Å²) in [5.41, 5.74) is -61.0. The molecular formula is C18F30. The Hall–Kier alpha value is -2.10. The Labute approximate surface area is 238 Å². The van der Waals surface area contributed by atoms with Gasteiger partial charge in [-0.3, -0.25) is 0 Å². The third kappa shape index (κ3) is 2.31. The van der Waals surface area contributed by atoms with Gasteiger partial charge in [-0.15, -0.1) is 0 Å². The van der Waals surface area contributed by atoms with Crippen LogP contribution in [0.25, 0.3) is 0 Å². The molecule has 0 spiro atoms. The van der Waals surface area contributed by atoms with Crippen LogP contribution in [0.1, 0.15) is 0 Å². The molecule has 0 aliphatic heterocycles. The van der Waals surface area contributed by atoms with Gasteiger partial charge in [0.05, 0.1) is 0 Å². The average molecular weight is 786 g/mol. The van der Waals surface area contributed by atoms with E-state index < -0.39 is 105 Å². The Balaban J connectivity index is 2.46. The monoisotopic (exact) mass is 786 g/mol. The summed E-state index contributed by atoms with van der Waals surface area (Å²) in [6, 6.07) is 0. The van der Waals surface area contributed by atoms with Gasteiger partial charge in [0.2, 0.25) is 0 Å². The molecule has 0 nitrogen and oxygen atoms in total. The molecule has 0 amide bonds. The molecule has 0 heterocycles. The number of fused-ring (bicyclic) bond motifs is 3. The molecule has 0 aromatic rings. The smallest absolute Gasteiger partial charge is 0.226 e. The molecule has 30 heteroatoms. The summed E-state index contributed by atoms with van der Waals surface area (Å²) in [7, 11) is 0. The summed E-state index contributed by atoms with van der Waals surface area (Å²) in [4.78, 5) is 0. The highest BCUT2D eigenvalue weighted by Crippen LogP contribution is 2.89. The zero-order valence-corrected chi connectivity index (χ0v) is 20.3. The van der Waals surface area contributed by atoms with Gasteiger partial charge in [0.1, 0.15) is 0 Å². The molecule has 4 atom stereocenters. The van der Waals surface area contributed by atoms with Gasteiger partial charge in [-0.1, -0.05) is 0 Å². The minimum absolute atomic E-state index is 9.12. The Morgan fingerprint density at radius 3 is 0.292 bits per heavy atom. The second kappa shape index (κ2) is 7.72. The second-order valence-electron chi connectivity index (χ2n) is 10.8. The quantitative estimate of drug-likeness (QED) is 0.216. The maximum Gasteiger partial charge on any atom is 0.382 e. The molecule has 4 aliphatic rings. The van der Waals surface area contributed by atoms with Crippen molar-refractivity contribution >= 4 is 0 Å². The highest BCUT2D eigenvalue weighted by molar-refractivity contribution is 5.55. The van der Waals surface area contributed by atoms with Crippen molar-refractivity contribution < 1.29 is 132 Å². The zero-order valence-electron chi connectivity index (χ0n) is 20.3. The van der Waals surface area contributed by atoms with Crippen molar-refractivity contribution in [3.63, 3.8) is 0 Å². The number of hydrogen-bond acceptors (Lipinski definition) is 0. The van der Waals surface area contributed by atoms with E-state index >= 15 is 61.5 Å². The van der Waals surface area contributed by atoms with E-state index in [2.05, 4.69) is 0 Å². The molecule has 4 rings (SSSR count). The van der Waals surface area contributed by atoms with E-state index in [0.29, 0.717) is 0 Å². The first-order valence-electron chi connectivity index (χ1n) is 10.9. The molecule has 4 aliphatic carbocycles. The van der Waals surface area contributed by atoms with Crippen LogP contribution in [0.5, 0.6) is 0 Å². The molecule has 0 bridgehead atoms. The topological polar surface area (TPSA) is 0 Å². The van der Waals surface area contributed by atoms with Crippen LogP contribution in [0.4, 0.5) is 132 Å². The molecule has 48 heavy (non-hydrogen) atoms. The van der Waals surface area contributed by atoms with Crippen LogP contribution in [0.2, 0.25) is 0 Å². The van der Waals surface area contributed by atoms with Crippen molar-refractivity contribution in [1.82, 2.24) is 0 Å². The first-order valence-corrected chi connectivity index (χ1v) is 10.9. The zero-order chi connectivity index (χ0) is 39.0. The molecule has 0 N–H and O–H groups in total. The van der Waals surface area contributed by atoms with Crippen LogP contribution in [0.3, 0.4) is 0 Å². The van der Waals surface area contributed by atoms with E-state index in [4.69, 9.17) is 0 Å². The normalized spacial score (nSPS) is 49.9. The lowest BCUT2D eigenvalue weighted by atomic mass is 9.40. The number of rotatable bonds is 0. The van der Waals surface area contributed by atoms with Crippen molar-refractivity contribution in [1.29, 1.82) is 0 Å². The fourth-order valence-electron chi connectivity index (χ4n) is 6.38. The van der Waals surface area contributed by atoms with Crippen molar-refractivity contribution in [3.05, 3.63) is 0 Å². The van der Waals surface area contributed by atoms with Gasteiger partial charge in [0.25, 0.3) is 34.0 Å². The van der Waals surface area contributed by atoms with E-state index in [9.17, 15) is 70.2 Å². The van der Waals surface area contributed by atoms with Crippen LogP contribution in [0, 0.1) is 0 Å². The van der Waals surface area contributed by atoms with Crippen LogP contribution in [-0.4, -0.2) is 105 Å². The van der Waals surface area contributed by atoms with Crippen LogP contribution >= 0.6 is 0 Å². The van der Waals surface area contributed by atoms with Crippen LogP contribution in [0.15, 0.2) is 0 Å². The lowest BCUT2D eigenvalue weighted by Gasteiger charge is -2.72. The highest BCUT2D eigenvalue weighted by atomic mass is 19.4. The fraction of sp³-hybridized carbons (Fsp3) is 1.00. The Bertz CT molecular complexity index is 1240. The third-order valence-corrected chi connectivity index (χ3v) is 8.98. The summed E-state index contributed by atoms with van der Waals surface area (Å²) in [6.07, 6.45) is 0.